The minimum atomic E-state index is -3.09. The van der Waals surface area contributed by atoms with Gasteiger partial charge in [0.1, 0.15) is 0 Å². The number of guanidine groups is 1. The van der Waals surface area contributed by atoms with Gasteiger partial charge in [0.15, 0.2) is 5.96 Å². The molecule has 0 spiro atoms. The van der Waals surface area contributed by atoms with E-state index < -0.39 is 10.0 Å². The van der Waals surface area contributed by atoms with Crippen molar-refractivity contribution in [2.45, 2.75) is 58.9 Å². The van der Waals surface area contributed by atoms with E-state index in [4.69, 9.17) is 0 Å². The van der Waals surface area contributed by atoms with E-state index in [9.17, 15) is 8.42 Å². The van der Waals surface area contributed by atoms with Gasteiger partial charge >= 0.3 is 0 Å². The maximum absolute atomic E-state index is 11.3. The Hall–Kier alpha value is -0.820. The number of rotatable bonds is 8. The molecule has 0 aromatic carbocycles. The van der Waals surface area contributed by atoms with Crippen LogP contribution >= 0.6 is 0 Å². The van der Waals surface area contributed by atoms with Gasteiger partial charge in [-0.3, -0.25) is 4.99 Å². The van der Waals surface area contributed by atoms with Gasteiger partial charge in [0.2, 0.25) is 10.0 Å². The smallest absolute Gasteiger partial charge is 0.211 e. The zero-order valence-electron chi connectivity index (χ0n) is 14.2. The molecular formula is C15H32N4O2S. The Balaban J connectivity index is 2.32. The molecule has 3 N–H and O–H groups in total. The van der Waals surface area contributed by atoms with Crippen LogP contribution in [0.4, 0.5) is 0 Å². The lowest BCUT2D eigenvalue weighted by Crippen LogP contribution is -2.44. The number of sulfonamides is 1. The van der Waals surface area contributed by atoms with Crippen molar-refractivity contribution in [3.05, 3.63) is 0 Å². The van der Waals surface area contributed by atoms with Gasteiger partial charge < -0.3 is 10.6 Å². The largest absolute Gasteiger partial charge is 0.357 e. The summed E-state index contributed by atoms with van der Waals surface area (Å²) >= 11 is 0. The second kappa shape index (κ2) is 10.0. The van der Waals surface area contributed by atoms with Crippen molar-refractivity contribution >= 4 is 16.0 Å². The minimum absolute atomic E-state index is 0.126. The van der Waals surface area contributed by atoms with Gasteiger partial charge in [0, 0.05) is 25.7 Å². The van der Waals surface area contributed by atoms with Crippen LogP contribution < -0.4 is 15.4 Å². The predicted octanol–water partition coefficient (Wildman–Crippen LogP) is 1.45. The first-order valence-electron chi connectivity index (χ1n) is 8.49. The average molecular weight is 333 g/mol. The van der Waals surface area contributed by atoms with E-state index in [-0.39, 0.29) is 5.75 Å². The summed E-state index contributed by atoms with van der Waals surface area (Å²) in [6, 6.07) is 0.507. The highest BCUT2D eigenvalue weighted by Gasteiger charge is 2.18. The van der Waals surface area contributed by atoms with Crippen molar-refractivity contribution in [2.24, 2.45) is 10.9 Å². The monoisotopic (exact) mass is 332 g/mol. The molecule has 0 saturated heterocycles. The Morgan fingerprint density at radius 3 is 2.45 bits per heavy atom. The predicted molar refractivity (Wildman–Crippen MR) is 92.6 cm³/mol. The molecule has 0 aliphatic heterocycles. The van der Waals surface area contributed by atoms with Crippen molar-refractivity contribution in [3.8, 4) is 0 Å². The normalized spacial score (nSPS) is 23.3. The fourth-order valence-electron chi connectivity index (χ4n) is 2.52. The van der Waals surface area contributed by atoms with E-state index in [0.29, 0.717) is 25.6 Å². The van der Waals surface area contributed by atoms with Gasteiger partial charge in [-0.2, -0.15) is 0 Å². The first-order chi connectivity index (χ1) is 10.5. The van der Waals surface area contributed by atoms with Crippen LogP contribution in [0, 0.1) is 5.92 Å². The maximum Gasteiger partial charge on any atom is 0.211 e. The summed E-state index contributed by atoms with van der Waals surface area (Å²) in [5.41, 5.74) is 0. The Morgan fingerprint density at radius 2 is 1.86 bits per heavy atom. The number of nitrogens with one attached hydrogen (secondary N) is 3. The molecule has 1 aliphatic carbocycles. The molecule has 1 saturated carbocycles. The van der Waals surface area contributed by atoms with Gasteiger partial charge in [0.05, 0.1) is 5.75 Å². The number of aliphatic imine (C=N–C) groups is 1. The number of nitrogens with zero attached hydrogens (tertiary/aromatic N) is 1. The summed E-state index contributed by atoms with van der Waals surface area (Å²) in [6.07, 6.45) is 5.65. The SMILES string of the molecule is CCNC(=NCCCNS(=O)(=O)CC)NC1CCC(C)CC1. The van der Waals surface area contributed by atoms with Crippen molar-refractivity contribution in [3.63, 3.8) is 0 Å². The molecule has 0 bridgehead atoms. The molecule has 0 amide bonds. The maximum atomic E-state index is 11.3. The second-order valence-electron chi connectivity index (χ2n) is 6.01. The Morgan fingerprint density at radius 1 is 1.18 bits per heavy atom. The summed E-state index contributed by atoms with van der Waals surface area (Å²) in [5, 5.41) is 6.76. The molecule has 0 heterocycles. The van der Waals surface area contributed by atoms with Gasteiger partial charge in [-0.25, -0.2) is 13.1 Å². The summed E-state index contributed by atoms with van der Waals surface area (Å²) in [5.74, 6) is 1.81. The van der Waals surface area contributed by atoms with Crippen LogP contribution in [-0.4, -0.2) is 45.8 Å². The first kappa shape index (κ1) is 19.2. The Kier molecular flexibility index (Phi) is 8.78. The molecule has 0 aromatic rings. The summed E-state index contributed by atoms with van der Waals surface area (Å²) < 4.78 is 25.2. The van der Waals surface area contributed by atoms with Gasteiger partial charge in [-0.15, -0.1) is 0 Å². The highest BCUT2D eigenvalue weighted by molar-refractivity contribution is 7.89. The molecule has 1 fully saturated rings. The quantitative estimate of drug-likeness (QED) is 0.357. The molecule has 7 heteroatoms. The van der Waals surface area contributed by atoms with E-state index in [0.717, 1.165) is 18.4 Å². The Bertz CT molecular complexity index is 429. The zero-order valence-corrected chi connectivity index (χ0v) is 15.0. The molecule has 130 valence electrons. The molecule has 0 unspecified atom stereocenters. The zero-order chi connectivity index (χ0) is 16.4. The summed E-state index contributed by atoms with van der Waals surface area (Å²) in [4.78, 5) is 4.53. The van der Waals surface area contributed by atoms with Gasteiger partial charge in [-0.1, -0.05) is 6.92 Å². The molecular weight excluding hydrogens is 300 g/mol. The molecule has 0 radical (unpaired) electrons. The minimum Gasteiger partial charge on any atom is -0.357 e. The van der Waals surface area contributed by atoms with Crippen LogP contribution in [0.15, 0.2) is 4.99 Å². The van der Waals surface area contributed by atoms with Crippen LogP contribution in [0.1, 0.15) is 52.9 Å². The lowest BCUT2D eigenvalue weighted by Gasteiger charge is -2.28. The average Bonchev–Trinajstić information content (AvgIpc) is 2.49. The number of hydrogen-bond donors (Lipinski definition) is 3. The lowest BCUT2D eigenvalue weighted by molar-refractivity contribution is 0.329. The van der Waals surface area contributed by atoms with Crippen LogP contribution in [-0.2, 0) is 10.0 Å². The van der Waals surface area contributed by atoms with Crippen LogP contribution in [0.25, 0.3) is 0 Å². The van der Waals surface area contributed by atoms with Crippen molar-refractivity contribution in [1.82, 2.24) is 15.4 Å². The van der Waals surface area contributed by atoms with Crippen molar-refractivity contribution in [2.75, 3.05) is 25.4 Å². The van der Waals surface area contributed by atoms with E-state index in [1.165, 1.54) is 25.7 Å². The fourth-order valence-corrected chi connectivity index (χ4v) is 3.18. The van der Waals surface area contributed by atoms with Crippen molar-refractivity contribution < 1.29 is 8.42 Å². The molecule has 1 rings (SSSR count). The highest BCUT2D eigenvalue weighted by atomic mass is 32.2. The third kappa shape index (κ3) is 7.98. The standard InChI is InChI=1S/C15H32N4O2S/c1-4-16-15(19-14-9-7-13(3)8-10-14)17-11-6-12-18-22(20,21)5-2/h13-14,18H,4-12H2,1-3H3,(H2,16,17,19). The molecule has 1 aliphatic rings. The first-order valence-corrected chi connectivity index (χ1v) is 10.1. The third-order valence-corrected chi connectivity index (χ3v) is 5.41. The second-order valence-corrected chi connectivity index (χ2v) is 8.11. The molecule has 0 atom stereocenters. The molecule has 6 nitrogen and oxygen atoms in total. The molecule has 22 heavy (non-hydrogen) atoms. The van der Waals surface area contributed by atoms with Crippen LogP contribution in [0.2, 0.25) is 0 Å². The topological polar surface area (TPSA) is 82.6 Å². The lowest BCUT2D eigenvalue weighted by atomic mass is 9.87. The Labute approximate surface area is 135 Å². The van der Waals surface area contributed by atoms with E-state index in [2.05, 4.69) is 34.2 Å². The summed E-state index contributed by atoms with van der Waals surface area (Å²) in [7, 11) is -3.09. The summed E-state index contributed by atoms with van der Waals surface area (Å²) in [6.45, 7) is 7.89. The van der Waals surface area contributed by atoms with E-state index in [1.54, 1.807) is 6.92 Å². The van der Waals surface area contributed by atoms with Gasteiger partial charge in [-0.05, 0) is 51.9 Å². The highest BCUT2D eigenvalue weighted by Crippen LogP contribution is 2.23. The fraction of sp³-hybridized carbons (Fsp3) is 0.933. The van der Waals surface area contributed by atoms with Crippen molar-refractivity contribution in [1.29, 1.82) is 0 Å². The van der Waals surface area contributed by atoms with E-state index in [1.807, 2.05) is 0 Å². The third-order valence-electron chi connectivity index (χ3n) is 4.01. The molecule has 0 aromatic heterocycles. The van der Waals surface area contributed by atoms with E-state index >= 15 is 0 Å². The number of hydrogen-bond acceptors (Lipinski definition) is 3. The van der Waals surface area contributed by atoms with Crippen LogP contribution in [0.3, 0.4) is 0 Å². The van der Waals surface area contributed by atoms with Crippen LogP contribution in [0.5, 0.6) is 0 Å². The van der Waals surface area contributed by atoms with Gasteiger partial charge in [0.25, 0.3) is 0 Å².